The summed E-state index contributed by atoms with van der Waals surface area (Å²) in [6.07, 6.45) is 7.54. The molecule has 2 heteroatoms. The van der Waals surface area contributed by atoms with Gasteiger partial charge in [-0.15, -0.1) is 0 Å². The monoisotopic (exact) mass is 206 g/mol. The van der Waals surface area contributed by atoms with Crippen LogP contribution in [-0.4, -0.2) is 10.2 Å². The van der Waals surface area contributed by atoms with Gasteiger partial charge in [0.2, 0.25) is 0 Å². The summed E-state index contributed by atoms with van der Waals surface area (Å²) in [4.78, 5) is 0. The molecule has 2 rings (SSSR count). The highest BCUT2D eigenvalue weighted by Crippen LogP contribution is 2.34. The SMILES string of the molecule is Oc1cc(O)cc(C2CCCCCC2)c1. The molecule has 1 saturated carbocycles. The standard InChI is InChI=1S/C13H18O2/c14-12-7-11(8-13(15)9-12)10-5-3-1-2-4-6-10/h7-10,14-15H,1-6H2. The van der Waals surface area contributed by atoms with Crippen molar-refractivity contribution in [1.82, 2.24) is 0 Å². The van der Waals surface area contributed by atoms with Gasteiger partial charge in [0.05, 0.1) is 0 Å². The number of rotatable bonds is 1. The number of hydrogen-bond acceptors (Lipinski definition) is 2. The Morgan fingerprint density at radius 2 is 1.33 bits per heavy atom. The molecule has 0 atom stereocenters. The van der Waals surface area contributed by atoms with Crippen molar-refractivity contribution in [2.45, 2.75) is 44.4 Å². The summed E-state index contributed by atoms with van der Waals surface area (Å²) >= 11 is 0. The molecule has 0 radical (unpaired) electrons. The van der Waals surface area contributed by atoms with Crippen molar-refractivity contribution < 1.29 is 10.2 Å². The van der Waals surface area contributed by atoms with Crippen LogP contribution in [0.1, 0.15) is 50.0 Å². The van der Waals surface area contributed by atoms with Crippen LogP contribution < -0.4 is 0 Å². The van der Waals surface area contributed by atoms with Gasteiger partial charge in [0.1, 0.15) is 11.5 Å². The van der Waals surface area contributed by atoms with Crippen molar-refractivity contribution in [3.8, 4) is 11.5 Å². The van der Waals surface area contributed by atoms with Crippen LogP contribution in [0.2, 0.25) is 0 Å². The molecular formula is C13H18O2. The van der Waals surface area contributed by atoms with Gasteiger partial charge in [0.15, 0.2) is 0 Å². The summed E-state index contributed by atoms with van der Waals surface area (Å²) in [5, 5.41) is 18.9. The Kier molecular flexibility index (Phi) is 3.14. The molecule has 82 valence electrons. The number of benzene rings is 1. The van der Waals surface area contributed by atoms with E-state index < -0.39 is 0 Å². The first-order valence-corrected chi connectivity index (χ1v) is 5.78. The molecule has 0 saturated heterocycles. The summed E-state index contributed by atoms with van der Waals surface area (Å²) in [7, 11) is 0. The minimum Gasteiger partial charge on any atom is -0.508 e. The molecule has 0 heterocycles. The second kappa shape index (κ2) is 4.56. The summed E-state index contributed by atoms with van der Waals surface area (Å²) in [6.45, 7) is 0. The lowest BCUT2D eigenvalue weighted by molar-refractivity contribution is 0.446. The fraction of sp³-hybridized carbons (Fsp3) is 0.538. The van der Waals surface area contributed by atoms with E-state index in [-0.39, 0.29) is 11.5 Å². The van der Waals surface area contributed by atoms with Crippen molar-refractivity contribution in [3.63, 3.8) is 0 Å². The van der Waals surface area contributed by atoms with Gasteiger partial charge in [-0.3, -0.25) is 0 Å². The van der Waals surface area contributed by atoms with Crippen LogP contribution in [0.4, 0.5) is 0 Å². The normalized spacial score (nSPS) is 18.7. The number of phenolic OH excluding ortho intramolecular Hbond substituents is 2. The Labute approximate surface area is 90.6 Å². The molecule has 0 aliphatic heterocycles. The van der Waals surface area contributed by atoms with E-state index in [0.717, 1.165) is 5.56 Å². The fourth-order valence-corrected chi connectivity index (χ4v) is 2.47. The van der Waals surface area contributed by atoms with Crippen molar-refractivity contribution in [1.29, 1.82) is 0 Å². The van der Waals surface area contributed by atoms with Crippen LogP contribution in [0.3, 0.4) is 0 Å². The Hall–Kier alpha value is -1.18. The zero-order valence-corrected chi connectivity index (χ0v) is 8.95. The maximum atomic E-state index is 9.43. The molecule has 0 spiro atoms. The summed E-state index contributed by atoms with van der Waals surface area (Å²) in [6, 6.07) is 4.96. The van der Waals surface area contributed by atoms with Gasteiger partial charge in [0, 0.05) is 6.07 Å². The number of phenols is 2. The summed E-state index contributed by atoms with van der Waals surface area (Å²) in [5.74, 6) is 0.869. The molecule has 1 aromatic rings. The quantitative estimate of drug-likeness (QED) is 0.690. The van der Waals surface area contributed by atoms with Crippen LogP contribution in [0.25, 0.3) is 0 Å². The maximum Gasteiger partial charge on any atom is 0.119 e. The average molecular weight is 206 g/mol. The molecule has 1 aromatic carbocycles. The molecule has 15 heavy (non-hydrogen) atoms. The third-order valence-electron chi connectivity index (χ3n) is 3.25. The smallest absolute Gasteiger partial charge is 0.119 e. The number of hydrogen-bond donors (Lipinski definition) is 2. The Balaban J connectivity index is 2.19. The van der Waals surface area contributed by atoms with Crippen molar-refractivity contribution in [2.24, 2.45) is 0 Å². The highest BCUT2D eigenvalue weighted by atomic mass is 16.3. The molecule has 1 aliphatic rings. The lowest BCUT2D eigenvalue weighted by Crippen LogP contribution is -1.96. The molecule has 1 aliphatic carbocycles. The van der Waals surface area contributed by atoms with E-state index in [9.17, 15) is 10.2 Å². The van der Waals surface area contributed by atoms with E-state index in [1.54, 1.807) is 12.1 Å². The van der Waals surface area contributed by atoms with Gasteiger partial charge in [-0.05, 0) is 36.5 Å². The molecule has 0 unspecified atom stereocenters. The molecule has 2 nitrogen and oxygen atoms in total. The zero-order chi connectivity index (χ0) is 10.7. The maximum absolute atomic E-state index is 9.43. The Morgan fingerprint density at radius 1 is 0.800 bits per heavy atom. The van der Waals surface area contributed by atoms with Crippen LogP contribution in [0, 0.1) is 0 Å². The van der Waals surface area contributed by atoms with E-state index in [1.807, 2.05) is 0 Å². The molecule has 0 amide bonds. The van der Waals surface area contributed by atoms with Gasteiger partial charge in [-0.2, -0.15) is 0 Å². The molecule has 0 bridgehead atoms. The summed E-state index contributed by atoms with van der Waals surface area (Å²) in [5.41, 5.74) is 1.09. The van der Waals surface area contributed by atoms with E-state index >= 15 is 0 Å². The highest BCUT2D eigenvalue weighted by Gasteiger charge is 2.15. The molecule has 1 fully saturated rings. The average Bonchev–Trinajstić information content (AvgIpc) is 2.43. The van der Waals surface area contributed by atoms with Gasteiger partial charge < -0.3 is 10.2 Å². The zero-order valence-electron chi connectivity index (χ0n) is 8.95. The molecule has 2 N–H and O–H groups in total. The lowest BCUT2D eigenvalue weighted by atomic mass is 9.91. The van der Waals surface area contributed by atoms with E-state index in [0.29, 0.717) is 5.92 Å². The third-order valence-corrected chi connectivity index (χ3v) is 3.25. The largest absolute Gasteiger partial charge is 0.508 e. The van der Waals surface area contributed by atoms with E-state index in [2.05, 4.69) is 0 Å². The number of aromatic hydroxyl groups is 2. The summed E-state index contributed by atoms with van der Waals surface area (Å²) < 4.78 is 0. The second-order valence-corrected chi connectivity index (χ2v) is 4.47. The third kappa shape index (κ3) is 2.65. The van der Waals surface area contributed by atoms with E-state index in [1.165, 1.54) is 44.6 Å². The minimum atomic E-state index is 0.175. The van der Waals surface area contributed by atoms with Crippen LogP contribution in [0.5, 0.6) is 11.5 Å². The molecule has 0 aromatic heterocycles. The predicted molar refractivity (Wildman–Crippen MR) is 60.2 cm³/mol. The molecular weight excluding hydrogens is 188 g/mol. The van der Waals surface area contributed by atoms with Crippen molar-refractivity contribution >= 4 is 0 Å². The topological polar surface area (TPSA) is 40.5 Å². The second-order valence-electron chi connectivity index (χ2n) is 4.47. The Morgan fingerprint density at radius 3 is 1.87 bits per heavy atom. The van der Waals surface area contributed by atoms with Gasteiger partial charge in [-0.1, -0.05) is 25.7 Å². The first kappa shape index (κ1) is 10.3. The van der Waals surface area contributed by atoms with Crippen molar-refractivity contribution in [3.05, 3.63) is 23.8 Å². The lowest BCUT2D eigenvalue weighted by Gasteiger charge is -2.14. The first-order valence-electron chi connectivity index (χ1n) is 5.78. The minimum absolute atomic E-state index is 0.175. The van der Waals surface area contributed by atoms with Crippen LogP contribution in [-0.2, 0) is 0 Å². The van der Waals surface area contributed by atoms with Crippen molar-refractivity contribution in [2.75, 3.05) is 0 Å². The van der Waals surface area contributed by atoms with Gasteiger partial charge in [-0.25, -0.2) is 0 Å². The predicted octanol–water partition coefficient (Wildman–Crippen LogP) is 3.54. The fourth-order valence-electron chi connectivity index (χ4n) is 2.47. The van der Waals surface area contributed by atoms with Crippen LogP contribution >= 0.6 is 0 Å². The van der Waals surface area contributed by atoms with E-state index in [4.69, 9.17) is 0 Å². The van der Waals surface area contributed by atoms with Gasteiger partial charge >= 0.3 is 0 Å². The first-order chi connectivity index (χ1) is 7.25. The van der Waals surface area contributed by atoms with Crippen LogP contribution in [0.15, 0.2) is 18.2 Å². The van der Waals surface area contributed by atoms with Gasteiger partial charge in [0.25, 0.3) is 0 Å². The Bertz CT molecular complexity index is 305. The highest BCUT2D eigenvalue weighted by molar-refractivity contribution is 5.38.